The Morgan fingerprint density at radius 3 is 2.31 bits per heavy atom. The zero-order valence-corrected chi connectivity index (χ0v) is 27.5. The lowest BCUT2D eigenvalue weighted by molar-refractivity contribution is -0.162. The van der Waals surface area contributed by atoms with E-state index in [2.05, 4.69) is 30.9 Å². The van der Waals surface area contributed by atoms with Crippen LogP contribution in [0.15, 0.2) is 58.0 Å². The second-order valence-corrected chi connectivity index (χ2v) is 15.4. The molecule has 1 fully saturated rings. The van der Waals surface area contributed by atoms with E-state index in [1.54, 1.807) is 6.07 Å². The van der Waals surface area contributed by atoms with Crippen molar-refractivity contribution in [2.24, 2.45) is 11.7 Å². The van der Waals surface area contributed by atoms with E-state index in [4.69, 9.17) is 14.7 Å². The second kappa shape index (κ2) is 12.6. The summed E-state index contributed by atoms with van der Waals surface area (Å²) in [6, 6.07) is 13.9. The number of likely N-dealkylation sites (N-methyl/N-ethyl adjacent to an activating group) is 1. The van der Waals surface area contributed by atoms with E-state index in [1.807, 2.05) is 59.0 Å². The molecule has 2 N–H and O–H groups in total. The Balaban J connectivity index is 1.61. The molecule has 2 aliphatic heterocycles. The van der Waals surface area contributed by atoms with Gasteiger partial charge in [0.05, 0.1) is 0 Å². The normalized spacial score (nSPS) is 21.1. The molecule has 0 bridgehead atoms. The van der Waals surface area contributed by atoms with E-state index < -0.39 is 21.9 Å². The number of rotatable bonds is 9. The number of nitrogens with two attached hydrogens (primary N) is 1. The number of nitrogens with zero attached hydrogens (tertiary/aromatic N) is 2. The highest BCUT2D eigenvalue weighted by atomic mass is 32.2. The summed E-state index contributed by atoms with van der Waals surface area (Å²) in [7, 11) is -1.98. The molecule has 8 nitrogen and oxygen atoms in total. The molecule has 2 aliphatic rings. The van der Waals surface area contributed by atoms with Crippen molar-refractivity contribution in [1.29, 1.82) is 0 Å². The van der Waals surface area contributed by atoms with Crippen LogP contribution in [-0.2, 0) is 31.7 Å². The van der Waals surface area contributed by atoms with E-state index >= 15 is 0 Å². The Hall–Kier alpha value is -2.53. The van der Waals surface area contributed by atoms with Crippen molar-refractivity contribution in [3.05, 3.63) is 69.8 Å². The number of carbonyl (C=O) groups is 1. The van der Waals surface area contributed by atoms with Gasteiger partial charge in [-0.25, -0.2) is 4.79 Å². The molecule has 0 spiro atoms. The van der Waals surface area contributed by atoms with Crippen molar-refractivity contribution in [2.75, 3.05) is 33.2 Å². The first kappa shape index (κ1) is 32.4. The molecule has 2 heterocycles. The van der Waals surface area contributed by atoms with Gasteiger partial charge in [-0.15, -0.1) is 0 Å². The lowest BCUT2D eigenvalue weighted by Crippen LogP contribution is -2.48. The molecule has 1 atom stereocenters. The van der Waals surface area contributed by atoms with Crippen LogP contribution < -0.4 is 9.92 Å². The SMILES string of the molecule is Cc1cc(SC2=C(N)CC(CCc3ccccc3)(C(C)C)OC2=O)c(C(C)(C)C)cc1OS(=O)(=O)N1CCN(C)CC1. The predicted molar refractivity (Wildman–Crippen MR) is 169 cm³/mol. The number of esters is 1. The van der Waals surface area contributed by atoms with E-state index in [-0.39, 0.29) is 17.1 Å². The van der Waals surface area contributed by atoms with Crippen LogP contribution in [0.3, 0.4) is 0 Å². The highest BCUT2D eigenvalue weighted by Gasteiger charge is 2.44. The number of hydrogen-bond donors (Lipinski definition) is 1. The smallest absolute Gasteiger partial charge is 0.385 e. The topological polar surface area (TPSA) is 102 Å². The minimum absolute atomic E-state index is 0.0846. The lowest BCUT2D eigenvalue weighted by Gasteiger charge is -2.41. The standard InChI is InChI=1S/C32H45N3O5S2/c1-22(2)32(14-13-24-11-9-8-10-12-24)21-26(33)29(30(36)39-32)41-28-19-23(3)27(20-25(28)31(4,5)6)40-42(37,38)35-17-15-34(7)16-18-35/h8-12,19-20,22H,13-18,21,33H2,1-7H3. The maximum absolute atomic E-state index is 13.5. The predicted octanol–water partition coefficient (Wildman–Crippen LogP) is 5.40. The molecular weight excluding hydrogens is 571 g/mol. The van der Waals surface area contributed by atoms with Crippen molar-refractivity contribution in [3.63, 3.8) is 0 Å². The van der Waals surface area contributed by atoms with Crippen molar-refractivity contribution in [3.8, 4) is 5.75 Å². The number of thioether (sulfide) groups is 1. The van der Waals surface area contributed by atoms with Crippen LogP contribution in [-0.4, -0.2) is 62.4 Å². The molecule has 0 aromatic heterocycles. The van der Waals surface area contributed by atoms with Crippen LogP contribution in [0.2, 0.25) is 0 Å². The molecule has 0 saturated carbocycles. The fraction of sp³-hybridized carbons (Fsp3) is 0.531. The summed E-state index contributed by atoms with van der Waals surface area (Å²) >= 11 is 1.29. The summed E-state index contributed by atoms with van der Waals surface area (Å²) in [6.45, 7) is 14.2. The Labute approximate surface area is 255 Å². The average Bonchev–Trinajstić information content (AvgIpc) is 2.91. The van der Waals surface area contributed by atoms with Gasteiger partial charge >= 0.3 is 16.3 Å². The van der Waals surface area contributed by atoms with Crippen molar-refractivity contribution in [2.45, 2.75) is 76.7 Å². The monoisotopic (exact) mass is 615 g/mol. The molecular formula is C32H45N3O5S2. The molecule has 10 heteroatoms. The van der Waals surface area contributed by atoms with Gasteiger partial charge in [-0.3, -0.25) is 0 Å². The van der Waals surface area contributed by atoms with Crippen LogP contribution in [0.1, 0.15) is 64.2 Å². The Morgan fingerprint density at radius 1 is 1.10 bits per heavy atom. The number of piperazine rings is 1. The molecule has 2 aromatic rings. The first-order valence-corrected chi connectivity index (χ1v) is 16.8. The number of hydrogen-bond acceptors (Lipinski definition) is 8. The van der Waals surface area contributed by atoms with Crippen LogP contribution in [0.4, 0.5) is 0 Å². The largest absolute Gasteiger partial charge is 0.454 e. The van der Waals surface area contributed by atoms with Crippen LogP contribution in [0.5, 0.6) is 5.75 Å². The molecule has 1 unspecified atom stereocenters. The van der Waals surface area contributed by atoms with Gasteiger partial charge in [0.2, 0.25) is 0 Å². The van der Waals surface area contributed by atoms with Gasteiger partial charge < -0.3 is 19.6 Å². The van der Waals surface area contributed by atoms with Crippen molar-refractivity contribution in [1.82, 2.24) is 9.21 Å². The van der Waals surface area contributed by atoms with E-state index in [1.165, 1.54) is 21.6 Å². The molecule has 0 aliphatic carbocycles. The molecule has 42 heavy (non-hydrogen) atoms. The van der Waals surface area contributed by atoms with E-state index in [0.29, 0.717) is 55.2 Å². The number of aryl methyl sites for hydroxylation is 2. The highest BCUT2D eigenvalue weighted by molar-refractivity contribution is 8.04. The summed E-state index contributed by atoms with van der Waals surface area (Å²) in [5, 5.41) is 0. The summed E-state index contributed by atoms with van der Waals surface area (Å²) in [6.07, 6.45) is 1.92. The maximum atomic E-state index is 13.5. The van der Waals surface area contributed by atoms with Crippen LogP contribution in [0.25, 0.3) is 0 Å². The van der Waals surface area contributed by atoms with Gasteiger partial charge in [-0.2, -0.15) is 12.7 Å². The maximum Gasteiger partial charge on any atom is 0.385 e. The van der Waals surface area contributed by atoms with Crippen LogP contribution in [0, 0.1) is 12.8 Å². The number of ether oxygens (including phenoxy) is 1. The van der Waals surface area contributed by atoms with Gasteiger partial charge in [0.1, 0.15) is 16.3 Å². The molecule has 0 radical (unpaired) electrons. The third kappa shape index (κ3) is 7.33. The highest BCUT2D eigenvalue weighted by Crippen LogP contribution is 2.45. The fourth-order valence-electron chi connectivity index (χ4n) is 5.37. The zero-order valence-electron chi connectivity index (χ0n) is 25.9. The van der Waals surface area contributed by atoms with Crippen LogP contribution >= 0.6 is 11.8 Å². The summed E-state index contributed by atoms with van der Waals surface area (Å²) in [5.74, 6) is -0.0431. The lowest BCUT2D eigenvalue weighted by atomic mass is 9.79. The minimum Gasteiger partial charge on any atom is -0.454 e. The Bertz CT molecular complexity index is 1430. The third-order valence-corrected chi connectivity index (χ3v) is 10.8. The fourth-order valence-corrected chi connectivity index (χ4v) is 7.75. The molecule has 4 rings (SSSR count). The van der Waals surface area contributed by atoms with E-state index in [9.17, 15) is 13.2 Å². The van der Waals surface area contributed by atoms with Gasteiger partial charge in [0.25, 0.3) is 0 Å². The second-order valence-electron chi connectivity index (χ2n) is 12.8. The first-order valence-electron chi connectivity index (χ1n) is 14.6. The summed E-state index contributed by atoms with van der Waals surface area (Å²) in [4.78, 5) is 16.8. The third-order valence-electron chi connectivity index (χ3n) is 8.27. The summed E-state index contributed by atoms with van der Waals surface area (Å²) < 4.78 is 39.5. The van der Waals surface area contributed by atoms with Gasteiger partial charge in [0.15, 0.2) is 0 Å². The first-order chi connectivity index (χ1) is 19.6. The van der Waals surface area contributed by atoms with Gasteiger partial charge in [-0.1, -0.05) is 76.7 Å². The minimum atomic E-state index is -3.95. The number of benzene rings is 2. The van der Waals surface area contributed by atoms with Crippen molar-refractivity contribution < 1.29 is 22.1 Å². The molecule has 0 amide bonds. The molecule has 230 valence electrons. The van der Waals surface area contributed by atoms with Gasteiger partial charge in [-0.05, 0) is 67.0 Å². The Kier molecular flexibility index (Phi) is 9.72. The summed E-state index contributed by atoms with van der Waals surface area (Å²) in [5.41, 5.74) is 8.84. The van der Waals surface area contributed by atoms with E-state index in [0.717, 1.165) is 16.9 Å². The number of cyclic esters (lactones) is 1. The molecule has 2 aromatic carbocycles. The van der Waals surface area contributed by atoms with Gasteiger partial charge in [0, 0.05) is 43.2 Å². The average molecular weight is 616 g/mol. The zero-order chi connectivity index (χ0) is 30.9. The Morgan fingerprint density at radius 2 is 1.74 bits per heavy atom. The number of carbonyl (C=O) groups excluding carboxylic acids is 1. The quantitative estimate of drug-likeness (QED) is 0.374. The van der Waals surface area contributed by atoms with Crippen molar-refractivity contribution >= 4 is 28.0 Å². The molecule has 1 saturated heterocycles.